The minimum absolute atomic E-state index is 0.0178. The summed E-state index contributed by atoms with van der Waals surface area (Å²) in [6.07, 6.45) is 0.907. The fourth-order valence-corrected chi connectivity index (χ4v) is 2.87. The number of hydrogen-bond donors (Lipinski definition) is 1. The second-order valence-corrected chi connectivity index (χ2v) is 6.04. The van der Waals surface area contributed by atoms with E-state index < -0.39 is 5.82 Å². The highest BCUT2D eigenvalue weighted by Gasteiger charge is 2.37. The fourth-order valence-electron chi connectivity index (χ4n) is 2.68. The Labute approximate surface area is 122 Å². The molecule has 1 fully saturated rings. The van der Waals surface area contributed by atoms with Crippen LogP contribution in [0.1, 0.15) is 38.2 Å². The zero-order valence-corrected chi connectivity index (χ0v) is 12.2. The van der Waals surface area contributed by atoms with Crippen LogP contribution in [0.2, 0.25) is 5.02 Å². The first-order valence-electron chi connectivity index (χ1n) is 6.67. The van der Waals surface area contributed by atoms with Crippen molar-refractivity contribution in [2.45, 2.75) is 32.6 Å². The van der Waals surface area contributed by atoms with Crippen molar-refractivity contribution >= 4 is 23.4 Å². The molecule has 0 aromatic heterocycles. The van der Waals surface area contributed by atoms with Gasteiger partial charge in [-0.05, 0) is 30.0 Å². The Bertz CT molecular complexity index is 545. The van der Waals surface area contributed by atoms with Crippen molar-refractivity contribution < 1.29 is 14.0 Å². The summed E-state index contributed by atoms with van der Waals surface area (Å²) < 4.78 is 13.2. The largest absolute Gasteiger partial charge is 0.296 e. The van der Waals surface area contributed by atoms with Crippen LogP contribution >= 0.6 is 11.6 Å². The van der Waals surface area contributed by atoms with Crippen molar-refractivity contribution in [3.8, 4) is 0 Å². The van der Waals surface area contributed by atoms with E-state index in [1.165, 1.54) is 12.1 Å². The van der Waals surface area contributed by atoms with E-state index in [9.17, 15) is 14.0 Å². The van der Waals surface area contributed by atoms with Crippen molar-refractivity contribution in [2.75, 3.05) is 0 Å². The van der Waals surface area contributed by atoms with Gasteiger partial charge in [-0.25, -0.2) is 4.39 Å². The first kappa shape index (κ1) is 15.0. The smallest absolute Gasteiger partial charge is 0.230 e. The van der Waals surface area contributed by atoms with E-state index in [1.54, 1.807) is 6.07 Å². The molecular weight excluding hydrogens is 281 g/mol. The molecule has 1 aliphatic rings. The highest BCUT2D eigenvalue weighted by Crippen LogP contribution is 2.36. The molecule has 2 unspecified atom stereocenters. The van der Waals surface area contributed by atoms with Gasteiger partial charge in [0.25, 0.3) is 0 Å². The third-order valence-electron chi connectivity index (χ3n) is 3.59. The third-order valence-corrected chi connectivity index (χ3v) is 3.88. The average molecular weight is 298 g/mol. The van der Waals surface area contributed by atoms with Crippen molar-refractivity contribution in [3.05, 3.63) is 34.6 Å². The lowest BCUT2D eigenvalue weighted by Gasteiger charge is -2.31. The van der Waals surface area contributed by atoms with Crippen LogP contribution in [0, 0.1) is 17.7 Å². The van der Waals surface area contributed by atoms with Gasteiger partial charge in [-0.3, -0.25) is 14.9 Å². The van der Waals surface area contributed by atoms with E-state index in [1.807, 2.05) is 13.8 Å². The van der Waals surface area contributed by atoms with E-state index in [-0.39, 0.29) is 35.1 Å². The minimum atomic E-state index is -0.498. The number of benzene rings is 1. The summed E-state index contributed by atoms with van der Waals surface area (Å²) in [5, 5.41) is 2.39. The van der Waals surface area contributed by atoms with E-state index in [4.69, 9.17) is 11.6 Å². The van der Waals surface area contributed by atoms with Crippen molar-refractivity contribution in [2.24, 2.45) is 11.8 Å². The average Bonchev–Trinajstić information content (AvgIpc) is 2.35. The Balaban J connectivity index is 2.34. The zero-order valence-electron chi connectivity index (χ0n) is 11.5. The van der Waals surface area contributed by atoms with E-state index >= 15 is 0 Å². The molecule has 1 aromatic rings. The van der Waals surface area contributed by atoms with Crippen LogP contribution in [0.5, 0.6) is 0 Å². The molecule has 0 bridgehead atoms. The van der Waals surface area contributed by atoms with Crippen molar-refractivity contribution in [3.63, 3.8) is 0 Å². The number of amides is 2. The van der Waals surface area contributed by atoms with Crippen LogP contribution in [-0.4, -0.2) is 11.8 Å². The van der Waals surface area contributed by atoms with E-state index in [0.717, 1.165) is 5.56 Å². The maximum absolute atomic E-state index is 13.2. The van der Waals surface area contributed by atoms with Crippen LogP contribution < -0.4 is 5.32 Å². The molecule has 1 aromatic carbocycles. The number of imide groups is 1. The number of nitrogens with one attached hydrogen (secondary N) is 1. The molecule has 3 nitrogen and oxygen atoms in total. The van der Waals surface area contributed by atoms with Crippen molar-refractivity contribution in [1.82, 2.24) is 5.32 Å². The van der Waals surface area contributed by atoms with E-state index in [0.29, 0.717) is 12.3 Å². The molecule has 0 spiro atoms. The zero-order chi connectivity index (χ0) is 14.9. The molecule has 5 heteroatoms. The fraction of sp³-hybridized carbons (Fsp3) is 0.467. The molecule has 0 saturated carbocycles. The predicted octanol–water partition coefficient (Wildman–Crippen LogP) is 3.27. The summed E-state index contributed by atoms with van der Waals surface area (Å²) in [5.74, 6) is -1.23. The summed E-state index contributed by atoms with van der Waals surface area (Å²) in [4.78, 5) is 23.6. The first-order valence-corrected chi connectivity index (χ1v) is 7.05. The highest BCUT2D eigenvalue weighted by atomic mass is 35.5. The third kappa shape index (κ3) is 3.18. The number of hydrogen-bond acceptors (Lipinski definition) is 2. The summed E-state index contributed by atoms with van der Waals surface area (Å²) in [7, 11) is 0. The Morgan fingerprint density at radius 2 is 2.10 bits per heavy atom. The van der Waals surface area contributed by atoms with Gasteiger partial charge in [0.05, 0.1) is 5.02 Å². The van der Waals surface area contributed by atoms with Gasteiger partial charge >= 0.3 is 0 Å². The lowest BCUT2D eigenvalue weighted by atomic mass is 9.76. The van der Waals surface area contributed by atoms with Gasteiger partial charge < -0.3 is 0 Å². The van der Waals surface area contributed by atoms with Gasteiger partial charge in [0.15, 0.2) is 0 Å². The molecule has 108 valence electrons. The maximum atomic E-state index is 13.2. The summed E-state index contributed by atoms with van der Waals surface area (Å²) in [5.41, 5.74) is 0.741. The van der Waals surface area contributed by atoms with Gasteiger partial charge in [-0.2, -0.15) is 0 Å². The number of halogens is 2. The molecule has 1 saturated heterocycles. The molecule has 1 aliphatic heterocycles. The summed E-state index contributed by atoms with van der Waals surface area (Å²) >= 11 is 5.80. The minimum Gasteiger partial charge on any atom is -0.296 e. The van der Waals surface area contributed by atoms with Gasteiger partial charge in [0.2, 0.25) is 11.8 Å². The maximum Gasteiger partial charge on any atom is 0.230 e. The lowest BCUT2D eigenvalue weighted by Crippen LogP contribution is -2.45. The highest BCUT2D eigenvalue weighted by molar-refractivity contribution is 6.30. The van der Waals surface area contributed by atoms with Gasteiger partial charge in [-0.15, -0.1) is 0 Å². The molecule has 1 N–H and O–H groups in total. The van der Waals surface area contributed by atoms with Gasteiger partial charge in [0.1, 0.15) is 5.82 Å². The number of carbonyl (C=O) groups excluding carboxylic acids is 2. The molecule has 0 aliphatic carbocycles. The summed E-state index contributed by atoms with van der Waals surface area (Å²) in [6, 6.07) is 4.40. The Morgan fingerprint density at radius 1 is 1.40 bits per heavy atom. The lowest BCUT2D eigenvalue weighted by molar-refractivity contribution is -0.137. The van der Waals surface area contributed by atoms with Crippen molar-refractivity contribution in [1.29, 1.82) is 0 Å². The quantitative estimate of drug-likeness (QED) is 0.870. The Morgan fingerprint density at radius 3 is 2.70 bits per heavy atom. The SMILES string of the molecule is CC(C)CC1C(=O)NC(=O)CC1c1ccc(F)c(Cl)c1. The second-order valence-electron chi connectivity index (χ2n) is 5.63. The summed E-state index contributed by atoms with van der Waals surface area (Å²) in [6.45, 7) is 4.05. The molecule has 1 heterocycles. The van der Waals surface area contributed by atoms with Crippen LogP contribution in [0.4, 0.5) is 4.39 Å². The molecule has 20 heavy (non-hydrogen) atoms. The predicted molar refractivity (Wildman–Crippen MR) is 74.9 cm³/mol. The molecular formula is C15H17ClFNO2. The van der Waals surface area contributed by atoms with Crippen LogP contribution in [-0.2, 0) is 9.59 Å². The number of piperidine rings is 1. The normalized spacial score (nSPS) is 23.1. The molecule has 2 rings (SSSR count). The van der Waals surface area contributed by atoms with Gasteiger partial charge in [-0.1, -0.05) is 31.5 Å². The molecule has 2 amide bonds. The second kappa shape index (κ2) is 5.92. The number of carbonyl (C=O) groups is 2. The topological polar surface area (TPSA) is 46.2 Å². The van der Waals surface area contributed by atoms with Crippen LogP contribution in [0.3, 0.4) is 0 Å². The van der Waals surface area contributed by atoms with E-state index in [2.05, 4.69) is 5.32 Å². The van der Waals surface area contributed by atoms with Crippen LogP contribution in [0.25, 0.3) is 0 Å². The van der Waals surface area contributed by atoms with Crippen LogP contribution in [0.15, 0.2) is 18.2 Å². The first-order chi connectivity index (χ1) is 9.38. The standard InChI is InChI=1S/C15H17ClFNO2/c1-8(2)5-11-10(7-14(19)18-15(11)20)9-3-4-13(17)12(16)6-9/h3-4,6,8,10-11H,5,7H2,1-2H3,(H,18,19,20). The van der Waals surface area contributed by atoms with Gasteiger partial charge in [0, 0.05) is 18.3 Å². The Kier molecular flexibility index (Phi) is 4.43. The Hall–Kier alpha value is -1.42. The molecule has 2 atom stereocenters. The number of rotatable bonds is 3. The monoisotopic (exact) mass is 297 g/mol. The molecule has 0 radical (unpaired) electrons.